The number of carbonyl (C=O) groups excluding carboxylic acids is 4. The molecule has 3 aromatic rings. The Morgan fingerprint density at radius 2 is 0.688 bits per heavy atom. The largest absolute Gasteiger partial charge is 0.497 e. The molecule has 0 N–H and O–H groups in total. The van der Waals surface area contributed by atoms with Crippen molar-refractivity contribution in [1.82, 2.24) is 0 Å². The molecule has 0 saturated heterocycles. The number of benzene rings is 3. The van der Waals surface area contributed by atoms with E-state index in [0.29, 0.717) is 33.8 Å². The van der Waals surface area contributed by atoms with Gasteiger partial charge in [-0.05, 0) is 48.5 Å². The Hall–Kier alpha value is -4.06. The van der Waals surface area contributed by atoms with Gasteiger partial charge in [0.05, 0.1) is 27.1 Å². The molecule has 0 saturated carbocycles. The number of ketones is 4. The zero-order valence-corrected chi connectivity index (χ0v) is 17.8. The fourth-order valence-corrected chi connectivity index (χ4v) is 3.10. The monoisotopic (exact) mass is 430 g/mol. The molecule has 0 aromatic heterocycles. The standard InChI is InChI=1S/C26H22O6/c1-31-21-11-7-19(8-12-21)25(29)15-23(27)17-3-5-18(6-4-17)24(28)16-26(30)20-9-13-22(32-2)14-10-20/h3-14H,15-16H2,1-2H3. The van der Waals surface area contributed by atoms with Gasteiger partial charge in [-0.25, -0.2) is 0 Å². The quantitative estimate of drug-likeness (QED) is 0.345. The molecule has 0 heterocycles. The summed E-state index contributed by atoms with van der Waals surface area (Å²) in [5, 5.41) is 0. The van der Waals surface area contributed by atoms with Gasteiger partial charge in [0.2, 0.25) is 0 Å². The second kappa shape index (κ2) is 10.3. The minimum Gasteiger partial charge on any atom is -0.497 e. The van der Waals surface area contributed by atoms with E-state index in [-0.39, 0.29) is 36.0 Å². The number of ether oxygens (including phenoxy) is 2. The van der Waals surface area contributed by atoms with Gasteiger partial charge in [-0.15, -0.1) is 0 Å². The summed E-state index contributed by atoms with van der Waals surface area (Å²) in [6.07, 6.45) is -0.564. The van der Waals surface area contributed by atoms with Gasteiger partial charge in [-0.2, -0.15) is 0 Å². The summed E-state index contributed by atoms with van der Waals surface area (Å²) in [5.41, 5.74) is 1.49. The maximum absolute atomic E-state index is 12.5. The van der Waals surface area contributed by atoms with Crippen LogP contribution < -0.4 is 9.47 Å². The van der Waals surface area contributed by atoms with Gasteiger partial charge in [-0.3, -0.25) is 19.2 Å². The first kappa shape index (κ1) is 22.6. The van der Waals surface area contributed by atoms with E-state index in [1.807, 2.05) is 0 Å². The van der Waals surface area contributed by atoms with Gasteiger partial charge in [0, 0.05) is 22.3 Å². The molecule has 0 spiro atoms. The Morgan fingerprint density at radius 3 is 0.906 bits per heavy atom. The maximum Gasteiger partial charge on any atom is 0.170 e. The minimum atomic E-state index is -0.348. The lowest BCUT2D eigenvalue weighted by molar-refractivity contribution is 0.0876. The van der Waals surface area contributed by atoms with Gasteiger partial charge in [-0.1, -0.05) is 24.3 Å². The predicted octanol–water partition coefficient (Wildman–Crippen LogP) is 4.62. The van der Waals surface area contributed by atoms with Crippen LogP contribution in [-0.2, 0) is 0 Å². The topological polar surface area (TPSA) is 86.7 Å². The van der Waals surface area contributed by atoms with E-state index in [1.54, 1.807) is 48.5 Å². The number of carbonyl (C=O) groups is 4. The molecule has 0 radical (unpaired) electrons. The molecular weight excluding hydrogens is 408 g/mol. The molecule has 3 rings (SSSR count). The Bertz CT molecular complexity index is 1030. The summed E-state index contributed by atoms with van der Waals surface area (Å²) >= 11 is 0. The lowest BCUT2D eigenvalue weighted by Gasteiger charge is -2.05. The molecule has 0 aliphatic carbocycles. The summed E-state index contributed by atoms with van der Waals surface area (Å²) in [6.45, 7) is 0. The molecule has 0 atom stereocenters. The van der Waals surface area contributed by atoms with Gasteiger partial charge < -0.3 is 9.47 Å². The van der Waals surface area contributed by atoms with Crippen LogP contribution in [0, 0.1) is 0 Å². The molecule has 0 aliphatic rings. The maximum atomic E-state index is 12.5. The van der Waals surface area contributed by atoms with Crippen molar-refractivity contribution in [1.29, 1.82) is 0 Å². The Balaban J connectivity index is 1.60. The van der Waals surface area contributed by atoms with Crippen LogP contribution in [0.4, 0.5) is 0 Å². The number of hydrogen-bond donors (Lipinski definition) is 0. The molecule has 6 nitrogen and oxygen atoms in total. The van der Waals surface area contributed by atoms with Crippen molar-refractivity contribution >= 4 is 23.1 Å². The van der Waals surface area contributed by atoms with Crippen LogP contribution in [0.15, 0.2) is 72.8 Å². The highest BCUT2D eigenvalue weighted by molar-refractivity contribution is 6.15. The number of hydrogen-bond acceptors (Lipinski definition) is 6. The highest BCUT2D eigenvalue weighted by Gasteiger charge is 2.17. The minimum absolute atomic E-state index is 0.282. The van der Waals surface area contributed by atoms with E-state index in [4.69, 9.17) is 9.47 Å². The molecule has 0 fully saturated rings. The highest BCUT2D eigenvalue weighted by Crippen LogP contribution is 2.17. The van der Waals surface area contributed by atoms with Crippen LogP contribution in [-0.4, -0.2) is 37.4 Å². The summed E-state index contributed by atoms with van der Waals surface area (Å²) in [4.78, 5) is 49.6. The molecule has 6 heteroatoms. The van der Waals surface area contributed by atoms with Gasteiger partial charge >= 0.3 is 0 Å². The van der Waals surface area contributed by atoms with E-state index in [2.05, 4.69) is 0 Å². The van der Waals surface area contributed by atoms with Gasteiger partial charge in [0.25, 0.3) is 0 Å². The third-order valence-electron chi connectivity index (χ3n) is 5.00. The van der Waals surface area contributed by atoms with E-state index in [9.17, 15) is 19.2 Å². The molecule has 0 aliphatic heterocycles. The summed E-state index contributed by atoms with van der Waals surface area (Å²) in [5.74, 6) is -0.0544. The Kier molecular flexibility index (Phi) is 7.29. The van der Waals surface area contributed by atoms with E-state index in [0.717, 1.165) is 0 Å². The summed E-state index contributed by atoms with van der Waals surface area (Å²) in [6, 6.07) is 19.0. The van der Waals surface area contributed by atoms with E-state index < -0.39 is 0 Å². The van der Waals surface area contributed by atoms with Gasteiger partial charge in [0.15, 0.2) is 23.1 Å². The molecular formula is C26H22O6. The average molecular weight is 430 g/mol. The zero-order valence-electron chi connectivity index (χ0n) is 17.8. The van der Waals surface area contributed by atoms with Crippen LogP contribution >= 0.6 is 0 Å². The number of methoxy groups -OCH3 is 2. The van der Waals surface area contributed by atoms with Crippen molar-refractivity contribution in [3.63, 3.8) is 0 Å². The molecule has 162 valence electrons. The first-order chi connectivity index (χ1) is 15.4. The summed E-state index contributed by atoms with van der Waals surface area (Å²) in [7, 11) is 3.06. The van der Waals surface area contributed by atoms with E-state index >= 15 is 0 Å². The summed E-state index contributed by atoms with van der Waals surface area (Å²) < 4.78 is 10.1. The average Bonchev–Trinajstić information content (AvgIpc) is 2.84. The van der Waals surface area contributed by atoms with Crippen LogP contribution in [0.25, 0.3) is 0 Å². The van der Waals surface area contributed by atoms with Crippen molar-refractivity contribution in [3.05, 3.63) is 95.1 Å². The zero-order chi connectivity index (χ0) is 23.1. The second-order valence-electron chi connectivity index (χ2n) is 7.08. The molecule has 0 unspecified atom stereocenters. The fourth-order valence-electron chi connectivity index (χ4n) is 3.10. The molecule has 32 heavy (non-hydrogen) atoms. The smallest absolute Gasteiger partial charge is 0.170 e. The number of Topliss-reactive ketones (excluding diaryl/α,β-unsaturated/α-hetero) is 4. The van der Waals surface area contributed by atoms with Crippen molar-refractivity contribution in [2.45, 2.75) is 12.8 Å². The lowest BCUT2D eigenvalue weighted by atomic mass is 9.98. The van der Waals surface area contributed by atoms with Crippen molar-refractivity contribution < 1.29 is 28.7 Å². The third kappa shape index (κ3) is 5.55. The molecule has 0 amide bonds. The molecule has 3 aromatic carbocycles. The predicted molar refractivity (Wildman–Crippen MR) is 119 cm³/mol. The van der Waals surface area contributed by atoms with Crippen molar-refractivity contribution in [3.8, 4) is 11.5 Å². The van der Waals surface area contributed by atoms with Crippen LogP contribution in [0.2, 0.25) is 0 Å². The van der Waals surface area contributed by atoms with Crippen LogP contribution in [0.3, 0.4) is 0 Å². The van der Waals surface area contributed by atoms with Crippen LogP contribution in [0.5, 0.6) is 11.5 Å². The second-order valence-corrected chi connectivity index (χ2v) is 7.08. The molecule has 0 bridgehead atoms. The first-order valence-corrected chi connectivity index (χ1v) is 9.92. The first-order valence-electron chi connectivity index (χ1n) is 9.92. The third-order valence-corrected chi connectivity index (χ3v) is 5.00. The van der Waals surface area contributed by atoms with Crippen molar-refractivity contribution in [2.75, 3.05) is 14.2 Å². The van der Waals surface area contributed by atoms with E-state index in [1.165, 1.54) is 38.5 Å². The van der Waals surface area contributed by atoms with Crippen molar-refractivity contribution in [2.24, 2.45) is 0 Å². The Morgan fingerprint density at radius 1 is 0.469 bits per heavy atom. The lowest BCUT2D eigenvalue weighted by Crippen LogP contribution is -2.10. The van der Waals surface area contributed by atoms with Gasteiger partial charge in [0.1, 0.15) is 11.5 Å². The SMILES string of the molecule is COc1ccc(C(=O)CC(=O)c2ccc(C(=O)CC(=O)c3ccc(OC)cc3)cc2)cc1. The Labute approximate surface area is 185 Å². The highest BCUT2D eigenvalue weighted by atomic mass is 16.5. The number of rotatable bonds is 10. The normalized spacial score (nSPS) is 10.3. The van der Waals surface area contributed by atoms with Crippen LogP contribution in [0.1, 0.15) is 54.3 Å². The fraction of sp³-hybridized carbons (Fsp3) is 0.154.